The van der Waals surface area contributed by atoms with Crippen LogP contribution >= 0.6 is 11.3 Å². The minimum Gasteiger partial charge on any atom is -0.477 e. The van der Waals surface area contributed by atoms with Gasteiger partial charge in [0.15, 0.2) is 0 Å². The van der Waals surface area contributed by atoms with Crippen LogP contribution in [0.2, 0.25) is 0 Å². The van der Waals surface area contributed by atoms with Gasteiger partial charge in [-0.25, -0.2) is 13.2 Å². The van der Waals surface area contributed by atoms with Crippen LogP contribution < -0.4 is 10.6 Å². The molecule has 0 aliphatic carbocycles. The summed E-state index contributed by atoms with van der Waals surface area (Å²) in [5.41, 5.74) is 4.76. The molecule has 0 spiro atoms. The van der Waals surface area contributed by atoms with Crippen LogP contribution in [0.5, 0.6) is 0 Å². The number of carboxylic acid groups (broad SMARTS) is 1. The van der Waals surface area contributed by atoms with Crippen molar-refractivity contribution >= 4 is 33.2 Å². The van der Waals surface area contributed by atoms with E-state index in [1.54, 1.807) is 4.89 Å². The number of hydrogen-bond donors (Lipinski definition) is 3. The molecule has 0 bridgehead atoms. The van der Waals surface area contributed by atoms with Gasteiger partial charge in [-0.2, -0.15) is 0 Å². The van der Waals surface area contributed by atoms with E-state index in [4.69, 9.17) is 10.8 Å². The molecule has 0 saturated heterocycles. The molecule has 0 unspecified atom stereocenters. The lowest BCUT2D eigenvalue weighted by Crippen LogP contribution is -2.29. The fraction of sp³-hybridized carbons (Fsp3) is 0.250. The largest absolute Gasteiger partial charge is 0.477 e. The Balaban J connectivity index is 2.91. The lowest BCUT2D eigenvalue weighted by atomic mass is 10.4. The molecule has 100 valence electrons. The highest BCUT2D eigenvalue weighted by atomic mass is 32.2. The Hall–Kier alpha value is -1.49. The second kappa shape index (κ2) is 5.44. The third kappa shape index (κ3) is 3.50. The first-order chi connectivity index (χ1) is 8.24. The summed E-state index contributed by atoms with van der Waals surface area (Å²) < 4.78 is 23.4. The van der Waals surface area contributed by atoms with E-state index in [9.17, 15) is 18.0 Å². The predicted molar refractivity (Wildman–Crippen MR) is 61.5 cm³/mol. The zero-order valence-electron chi connectivity index (χ0n) is 9.17. The maximum absolute atomic E-state index is 11.7. The zero-order chi connectivity index (χ0) is 13.9. The van der Waals surface area contributed by atoms with Crippen LogP contribution in [0.25, 0.3) is 0 Å². The number of carbonyl (C=O) groups excluding carboxylic acids is 1. The van der Waals surface area contributed by atoms with Crippen molar-refractivity contribution in [3.8, 4) is 0 Å². The van der Waals surface area contributed by atoms with Gasteiger partial charge in [-0.3, -0.25) is 9.63 Å². The third-order valence-electron chi connectivity index (χ3n) is 1.76. The minimum absolute atomic E-state index is 0.109. The summed E-state index contributed by atoms with van der Waals surface area (Å²) in [6, 6.07) is 1.01. The van der Waals surface area contributed by atoms with Crippen molar-refractivity contribution in [2.45, 2.75) is 11.8 Å². The number of carboxylic acids is 1. The molecule has 1 aromatic rings. The maximum Gasteiger partial charge on any atom is 0.345 e. The number of carbonyl (C=O) groups is 2. The number of nitrogens with one attached hydrogen (secondary N) is 1. The van der Waals surface area contributed by atoms with Crippen LogP contribution in [-0.2, 0) is 19.7 Å². The number of nitrogens with two attached hydrogens (primary N) is 1. The van der Waals surface area contributed by atoms with Gasteiger partial charge in [0, 0.05) is 4.88 Å². The standard InChI is InChI=1S/C8H10N2O6S2/c1-4-6(2-5(17-4)8(12)13)18(14,15)10-16-3-7(9)11/h2,10H,3H2,1H3,(H2,9,11)(H,12,13). The van der Waals surface area contributed by atoms with E-state index in [0.717, 1.165) is 17.4 Å². The van der Waals surface area contributed by atoms with Crippen molar-refractivity contribution in [1.29, 1.82) is 0 Å². The summed E-state index contributed by atoms with van der Waals surface area (Å²) in [6.45, 7) is 0.841. The Bertz CT molecular complexity index is 576. The van der Waals surface area contributed by atoms with Gasteiger partial charge < -0.3 is 10.8 Å². The summed E-state index contributed by atoms with van der Waals surface area (Å²) in [4.78, 5) is 27.1. The Morgan fingerprint density at radius 2 is 2.17 bits per heavy atom. The number of amides is 1. The Kier molecular flexibility index (Phi) is 4.40. The normalized spacial score (nSPS) is 11.4. The smallest absolute Gasteiger partial charge is 0.345 e. The Morgan fingerprint density at radius 3 is 2.61 bits per heavy atom. The van der Waals surface area contributed by atoms with Crippen LogP contribution in [0.3, 0.4) is 0 Å². The topological polar surface area (TPSA) is 136 Å². The van der Waals surface area contributed by atoms with Crippen LogP contribution in [-0.4, -0.2) is 32.0 Å². The molecule has 8 nitrogen and oxygen atoms in total. The van der Waals surface area contributed by atoms with E-state index in [2.05, 4.69) is 4.84 Å². The summed E-state index contributed by atoms with van der Waals surface area (Å²) in [5.74, 6) is -2.06. The molecule has 4 N–H and O–H groups in total. The monoisotopic (exact) mass is 294 g/mol. The number of rotatable bonds is 6. The van der Waals surface area contributed by atoms with Crippen LogP contribution in [0.4, 0.5) is 0 Å². The van der Waals surface area contributed by atoms with Crippen molar-refractivity contribution in [3.05, 3.63) is 15.8 Å². The molecule has 0 atom stereocenters. The van der Waals surface area contributed by atoms with Gasteiger partial charge in [0.1, 0.15) is 11.5 Å². The second-order valence-corrected chi connectivity index (χ2v) is 6.05. The molecular weight excluding hydrogens is 284 g/mol. The number of aryl methyl sites for hydroxylation is 1. The fourth-order valence-electron chi connectivity index (χ4n) is 1.06. The molecule has 0 aromatic carbocycles. The van der Waals surface area contributed by atoms with Gasteiger partial charge in [0.25, 0.3) is 10.0 Å². The van der Waals surface area contributed by atoms with Crippen molar-refractivity contribution in [2.75, 3.05) is 6.61 Å². The molecule has 18 heavy (non-hydrogen) atoms. The van der Waals surface area contributed by atoms with E-state index in [1.165, 1.54) is 6.92 Å². The van der Waals surface area contributed by atoms with Gasteiger partial charge in [-0.1, -0.05) is 4.89 Å². The molecule has 1 aromatic heterocycles. The van der Waals surface area contributed by atoms with Crippen molar-refractivity contribution in [1.82, 2.24) is 4.89 Å². The van der Waals surface area contributed by atoms with E-state index in [0.29, 0.717) is 4.88 Å². The van der Waals surface area contributed by atoms with Gasteiger partial charge >= 0.3 is 5.97 Å². The first kappa shape index (κ1) is 14.6. The van der Waals surface area contributed by atoms with E-state index >= 15 is 0 Å². The Morgan fingerprint density at radius 1 is 1.56 bits per heavy atom. The summed E-state index contributed by atoms with van der Waals surface area (Å²) in [6.07, 6.45) is 0. The van der Waals surface area contributed by atoms with Crippen LogP contribution in [0.1, 0.15) is 14.5 Å². The average molecular weight is 294 g/mol. The SMILES string of the molecule is Cc1sc(C(=O)O)cc1S(=O)(=O)NOCC(N)=O. The molecule has 1 heterocycles. The number of sulfonamides is 1. The van der Waals surface area contributed by atoms with Gasteiger partial charge in [0.2, 0.25) is 5.91 Å². The van der Waals surface area contributed by atoms with E-state index in [-0.39, 0.29) is 9.77 Å². The van der Waals surface area contributed by atoms with Crippen molar-refractivity contribution < 1.29 is 28.0 Å². The van der Waals surface area contributed by atoms with Gasteiger partial charge in [0.05, 0.1) is 4.90 Å². The molecule has 0 aliphatic heterocycles. The highest BCUT2D eigenvalue weighted by molar-refractivity contribution is 7.89. The fourth-order valence-corrected chi connectivity index (χ4v) is 3.30. The molecule has 1 amide bonds. The van der Waals surface area contributed by atoms with Crippen LogP contribution in [0.15, 0.2) is 11.0 Å². The molecule has 0 aliphatic rings. The molecule has 0 saturated carbocycles. The number of hydrogen-bond acceptors (Lipinski definition) is 6. The predicted octanol–water partition coefficient (Wildman–Crippen LogP) is -0.550. The number of thiophene rings is 1. The highest BCUT2D eigenvalue weighted by Crippen LogP contribution is 2.25. The van der Waals surface area contributed by atoms with E-state index in [1.807, 2.05) is 0 Å². The van der Waals surface area contributed by atoms with Crippen molar-refractivity contribution in [3.63, 3.8) is 0 Å². The quantitative estimate of drug-likeness (QED) is 0.602. The molecule has 0 fully saturated rings. The first-order valence-corrected chi connectivity index (χ1v) is 6.79. The number of aromatic carboxylic acids is 1. The summed E-state index contributed by atoms with van der Waals surface area (Å²) >= 11 is 0.823. The van der Waals surface area contributed by atoms with Gasteiger partial charge in [-0.15, -0.1) is 11.3 Å². The third-order valence-corrected chi connectivity index (χ3v) is 4.26. The molecular formula is C8H10N2O6S2. The van der Waals surface area contributed by atoms with Gasteiger partial charge in [-0.05, 0) is 13.0 Å². The average Bonchev–Trinajstić information content (AvgIpc) is 2.60. The van der Waals surface area contributed by atoms with E-state index < -0.39 is 28.5 Å². The molecule has 10 heteroatoms. The lowest BCUT2D eigenvalue weighted by molar-refractivity contribution is -0.123. The Labute approximate surface area is 106 Å². The summed E-state index contributed by atoms with van der Waals surface area (Å²) in [7, 11) is -4.03. The molecule has 1 rings (SSSR count). The van der Waals surface area contributed by atoms with Crippen molar-refractivity contribution in [2.24, 2.45) is 5.73 Å². The highest BCUT2D eigenvalue weighted by Gasteiger charge is 2.22. The minimum atomic E-state index is -4.03. The summed E-state index contributed by atoms with van der Waals surface area (Å²) in [5, 5.41) is 8.74. The molecule has 0 radical (unpaired) electrons. The number of primary amides is 1. The zero-order valence-corrected chi connectivity index (χ0v) is 10.8. The second-order valence-electron chi connectivity index (χ2n) is 3.18. The van der Waals surface area contributed by atoms with Crippen LogP contribution in [0, 0.1) is 6.92 Å². The lowest BCUT2D eigenvalue weighted by Gasteiger charge is -2.04. The first-order valence-electron chi connectivity index (χ1n) is 4.49. The maximum atomic E-state index is 11.7.